The molecule has 0 N–H and O–H groups in total. The van der Waals surface area contributed by atoms with E-state index in [0.717, 1.165) is 10.2 Å². The van der Waals surface area contributed by atoms with E-state index in [4.69, 9.17) is 11.6 Å². The number of para-hydroxylation sites is 1. The van der Waals surface area contributed by atoms with E-state index in [1.165, 1.54) is 11.3 Å². The third kappa shape index (κ3) is 2.66. The quantitative estimate of drug-likeness (QED) is 0.672. The molecule has 0 radical (unpaired) electrons. The molecule has 0 aliphatic heterocycles. The van der Waals surface area contributed by atoms with Gasteiger partial charge in [0.15, 0.2) is 11.7 Å². The number of hydrogen-bond donors (Lipinski definition) is 0. The highest BCUT2D eigenvalue weighted by Gasteiger charge is 2.25. The Morgan fingerprint density at radius 3 is 2.57 bits per heavy atom. The molecule has 0 saturated carbocycles. The summed E-state index contributed by atoms with van der Waals surface area (Å²) in [4.78, 5) is 16.9. The van der Waals surface area contributed by atoms with E-state index in [2.05, 4.69) is 11.1 Å². The minimum atomic E-state index is -0.886. The van der Waals surface area contributed by atoms with E-state index in [9.17, 15) is 10.1 Å². The maximum Gasteiger partial charge on any atom is 0.186 e. The first-order chi connectivity index (χ1) is 10.2. The smallest absolute Gasteiger partial charge is 0.186 e. The number of ketones is 1. The number of thiazole rings is 1. The molecule has 1 atom stereocenters. The van der Waals surface area contributed by atoms with Gasteiger partial charge in [-0.2, -0.15) is 5.26 Å². The minimum Gasteiger partial charge on any atom is -0.292 e. The summed E-state index contributed by atoms with van der Waals surface area (Å²) in [5, 5.41) is 10.4. The maximum absolute atomic E-state index is 12.5. The maximum atomic E-state index is 12.5. The molecule has 1 unspecified atom stereocenters. The number of fused-ring (bicyclic) bond motifs is 1. The van der Waals surface area contributed by atoms with Crippen LogP contribution in [-0.2, 0) is 0 Å². The number of nitriles is 1. The fraction of sp³-hybridized carbons (Fsp3) is 0.0625. The first kappa shape index (κ1) is 13.7. The summed E-state index contributed by atoms with van der Waals surface area (Å²) < 4.78 is 0.969. The third-order valence-electron chi connectivity index (χ3n) is 3.08. The Balaban J connectivity index is 1.99. The molecular formula is C16H9ClN2OS. The van der Waals surface area contributed by atoms with Gasteiger partial charge < -0.3 is 0 Å². The molecule has 0 saturated heterocycles. The van der Waals surface area contributed by atoms with Crippen LogP contribution >= 0.6 is 22.9 Å². The van der Waals surface area contributed by atoms with Gasteiger partial charge in [-0.25, -0.2) is 4.98 Å². The number of carbonyl (C=O) groups excluding carboxylic acids is 1. The van der Waals surface area contributed by atoms with E-state index in [1.807, 2.05) is 24.3 Å². The predicted molar refractivity (Wildman–Crippen MR) is 83.8 cm³/mol. The number of carbonyl (C=O) groups is 1. The SMILES string of the molecule is N#CC(C(=O)c1ccc(Cl)cc1)c1nc2ccccc2s1. The average Bonchev–Trinajstić information content (AvgIpc) is 2.92. The fourth-order valence-electron chi connectivity index (χ4n) is 2.02. The van der Waals surface area contributed by atoms with Gasteiger partial charge in [0, 0.05) is 10.6 Å². The van der Waals surface area contributed by atoms with Crippen molar-refractivity contribution in [2.45, 2.75) is 5.92 Å². The predicted octanol–water partition coefficient (Wildman–Crippen LogP) is 4.44. The zero-order valence-corrected chi connectivity index (χ0v) is 12.4. The standard InChI is InChI=1S/C16H9ClN2OS/c17-11-7-5-10(6-8-11)15(20)12(9-18)16-19-13-3-1-2-4-14(13)21-16/h1-8,12H. The lowest BCUT2D eigenvalue weighted by molar-refractivity contribution is 0.0979. The van der Waals surface area contributed by atoms with Crippen LogP contribution in [0.25, 0.3) is 10.2 Å². The molecule has 0 amide bonds. The van der Waals surface area contributed by atoms with Gasteiger partial charge >= 0.3 is 0 Å². The number of benzene rings is 2. The molecule has 3 nitrogen and oxygen atoms in total. The number of aromatic nitrogens is 1. The molecular weight excluding hydrogens is 304 g/mol. The monoisotopic (exact) mass is 312 g/mol. The van der Waals surface area contributed by atoms with Gasteiger partial charge in [0.1, 0.15) is 5.01 Å². The van der Waals surface area contributed by atoms with Gasteiger partial charge in [0.05, 0.1) is 16.3 Å². The van der Waals surface area contributed by atoms with Crippen molar-refractivity contribution in [3.8, 4) is 6.07 Å². The largest absolute Gasteiger partial charge is 0.292 e. The van der Waals surface area contributed by atoms with Gasteiger partial charge in [-0.05, 0) is 36.4 Å². The Labute approximate surface area is 130 Å². The Morgan fingerprint density at radius 1 is 1.19 bits per heavy atom. The summed E-state index contributed by atoms with van der Waals surface area (Å²) in [5.74, 6) is -1.14. The molecule has 0 aliphatic rings. The molecule has 0 fully saturated rings. The second-order valence-electron chi connectivity index (χ2n) is 4.45. The highest BCUT2D eigenvalue weighted by molar-refractivity contribution is 7.18. The van der Waals surface area contributed by atoms with Crippen LogP contribution in [-0.4, -0.2) is 10.8 Å². The zero-order valence-electron chi connectivity index (χ0n) is 10.8. The summed E-state index contributed by atoms with van der Waals surface area (Å²) in [6.07, 6.45) is 0. The van der Waals surface area contributed by atoms with E-state index >= 15 is 0 Å². The van der Waals surface area contributed by atoms with Gasteiger partial charge in [-0.15, -0.1) is 11.3 Å². The second kappa shape index (κ2) is 5.65. The Kier molecular flexibility index (Phi) is 3.70. The second-order valence-corrected chi connectivity index (χ2v) is 5.95. The van der Waals surface area contributed by atoms with Crippen molar-refractivity contribution < 1.29 is 4.79 Å². The molecule has 21 heavy (non-hydrogen) atoms. The van der Waals surface area contributed by atoms with Crippen molar-refractivity contribution in [1.82, 2.24) is 4.98 Å². The molecule has 3 aromatic rings. The summed E-state index contributed by atoms with van der Waals surface area (Å²) >= 11 is 7.19. The molecule has 1 heterocycles. The number of Topliss-reactive ketones (excluding diaryl/α,β-unsaturated/α-hetero) is 1. The Morgan fingerprint density at radius 2 is 1.90 bits per heavy atom. The number of hydrogen-bond acceptors (Lipinski definition) is 4. The summed E-state index contributed by atoms with van der Waals surface area (Å²) in [6.45, 7) is 0. The van der Waals surface area contributed by atoms with E-state index in [1.54, 1.807) is 24.3 Å². The summed E-state index contributed by atoms with van der Waals surface area (Å²) in [5.41, 5.74) is 1.27. The van der Waals surface area contributed by atoms with Crippen molar-refractivity contribution in [2.24, 2.45) is 0 Å². The lowest BCUT2D eigenvalue weighted by Crippen LogP contribution is -2.10. The summed E-state index contributed by atoms with van der Waals surface area (Å²) in [6, 6.07) is 16.2. The van der Waals surface area contributed by atoms with Crippen molar-refractivity contribution in [3.63, 3.8) is 0 Å². The van der Waals surface area contributed by atoms with Crippen LogP contribution in [0, 0.1) is 11.3 Å². The van der Waals surface area contributed by atoms with Crippen LogP contribution in [0.4, 0.5) is 0 Å². The van der Waals surface area contributed by atoms with Crippen LogP contribution in [0.1, 0.15) is 21.3 Å². The topological polar surface area (TPSA) is 53.8 Å². The number of rotatable bonds is 3. The van der Waals surface area contributed by atoms with Crippen molar-refractivity contribution in [3.05, 3.63) is 64.1 Å². The van der Waals surface area contributed by atoms with E-state index < -0.39 is 5.92 Å². The lowest BCUT2D eigenvalue weighted by atomic mass is 9.99. The third-order valence-corrected chi connectivity index (χ3v) is 4.43. The molecule has 0 bridgehead atoms. The van der Waals surface area contributed by atoms with Crippen LogP contribution in [0.2, 0.25) is 5.02 Å². The molecule has 102 valence electrons. The van der Waals surface area contributed by atoms with E-state index in [0.29, 0.717) is 15.6 Å². The van der Waals surface area contributed by atoms with Crippen LogP contribution in [0.5, 0.6) is 0 Å². The van der Waals surface area contributed by atoms with Gasteiger partial charge in [0.2, 0.25) is 0 Å². The molecule has 3 rings (SSSR count). The van der Waals surface area contributed by atoms with Gasteiger partial charge in [-0.3, -0.25) is 4.79 Å². The van der Waals surface area contributed by atoms with Crippen molar-refractivity contribution in [2.75, 3.05) is 0 Å². The van der Waals surface area contributed by atoms with Crippen LogP contribution in [0.3, 0.4) is 0 Å². The summed E-state index contributed by atoms with van der Waals surface area (Å²) in [7, 11) is 0. The first-order valence-electron chi connectivity index (χ1n) is 6.24. The molecule has 2 aromatic carbocycles. The molecule has 5 heteroatoms. The Bertz CT molecular complexity index is 816. The first-order valence-corrected chi connectivity index (χ1v) is 7.43. The highest BCUT2D eigenvalue weighted by Crippen LogP contribution is 2.29. The number of halogens is 1. The van der Waals surface area contributed by atoms with Crippen molar-refractivity contribution >= 4 is 38.9 Å². The number of nitrogens with zero attached hydrogens (tertiary/aromatic N) is 2. The highest BCUT2D eigenvalue weighted by atomic mass is 35.5. The molecule has 1 aromatic heterocycles. The zero-order chi connectivity index (χ0) is 14.8. The average molecular weight is 313 g/mol. The minimum absolute atomic E-state index is 0.256. The molecule has 0 aliphatic carbocycles. The van der Waals surface area contributed by atoms with Gasteiger partial charge in [-0.1, -0.05) is 23.7 Å². The Hall–Kier alpha value is -2.22. The molecule has 0 spiro atoms. The van der Waals surface area contributed by atoms with Crippen LogP contribution in [0.15, 0.2) is 48.5 Å². The van der Waals surface area contributed by atoms with Crippen LogP contribution < -0.4 is 0 Å². The lowest BCUT2D eigenvalue weighted by Gasteiger charge is -2.04. The normalized spacial score (nSPS) is 12.0. The van der Waals surface area contributed by atoms with E-state index in [-0.39, 0.29) is 5.78 Å². The van der Waals surface area contributed by atoms with Gasteiger partial charge in [0.25, 0.3) is 0 Å². The van der Waals surface area contributed by atoms with Crippen molar-refractivity contribution in [1.29, 1.82) is 5.26 Å². The fourth-order valence-corrected chi connectivity index (χ4v) is 3.16.